The first-order valence-corrected chi connectivity index (χ1v) is 4.55. The number of carbonyl (C=O) groups excluding carboxylic acids is 1. The van der Waals surface area contributed by atoms with E-state index in [1.54, 1.807) is 6.92 Å². The van der Waals surface area contributed by atoms with Crippen LogP contribution in [0.2, 0.25) is 0 Å². The Kier molecular flexibility index (Phi) is 2.15. The topological polar surface area (TPSA) is 17.1 Å². The summed E-state index contributed by atoms with van der Waals surface area (Å²) in [6.45, 7) is 8.14. The molecule has 68 valence electrons. The fourth-order valence-electron chi connectivity index (χ4n) is 2.04. The van der Waals surface area contributed by atoms with Crippen LogP contribution in [0.3, 0.4) is 0 Å². The molecular weight excluding hydrogens is 148 g/mol. The van der Waals surface area contributed by atoms with E-state index in [-0.39, 0.29) is 10.8 Å². The van der Waals surface area contributed by atoms with Crippen LogP contribution in [0.15, 0.2) is 12.2 Å². The zero-order valence-corrected chi connectivity index (χ0v) is 8.48. The van der Waals surface area contributed by atoms with Crippen molar-refractivity contribution in [1.82, 2.24) is 0 Å². The summed E-state index contributed by atoms with van der Waals surface area (Å²) in [7, 11) is 0. The fourth-order valence-corrected chi connectivity index (χ4v) is 2.04. The molecule has 0 aromatic heterocycles. The standard InChI is InChI=1S/C11H18O/c1-9(12)11(4)7-5-6-10(2,3)8-11/h5-6H,7-8H2,1-4H3. The second-order valence-corrected chi connectivity index (χ2v) is 4.89. The number of ketones is 1. The van der Waals surface area contributed by atoms with E-state index in [9.17, 15) is 4.79 Å². The van der Waals surface area contributed by atoms with Gasteiger partial charge in [0.15, 0.2) is 0 Å². The molecule has 1 heteroatoms. The zero-order chi connectivity index (χ0) is 9.41. The van der Waals surface area contributed by atoms with Crippen molar-refractivity contribution in [2.45, 2.75) is 40.5 Å². The van der Waals surface area contributed by atoms with Crippen molar-refractivity contribution >= 4 is 5.78 Å². The van der Waals surface area contributed by atoms with E-state index in [1.807, 2.05) is 0 Å². The van der Waals surface area contributed by atoms with Crippen LogP contribution in [0.1, 0.15) is 40.5 Å². The van der Waals surface area contributed by atoms with Crippen molar-refractivity contribution in [2.24, 2.45) is 10.8 Å². The van der Waals surface area contributed by atoms with Gasteiger partial charge in [0.25, 0.3) is 0 Å². The van der Waals surface area contributed by atoms with E-state index in [0.29, 0.717) is 5.78 Å². The van der Waals surface area contributed by atoms with Crippen LogP contribution in [0, 0.1) is 10.8 Å². The van der Waals surface area contributed by atoms with Crippen LogP contribution in [0.4, 0.5) is 0 Å². The van der Waals surface area contributed by atoms with Gasteiger partial charge in [-0.05, 0) is 25.2 Å². The Balaban J connectivity index is 2.87. The van der Waals surface area contributed by atoms with Crippen LogP contribution in [0.25, 0.3) is 0 Å². The third-order valence-electron chi connectivity index (χ3n) is 2.83. The Bertz CT molecular complexity index is 225. The summed E-state index contributed by atoms with van der Waals surface area (Å²) in [5.41, 5.74) is 0.0803. The summed E-state index contributed by atoms with van der Waals surface area (Å²) in [6.07, 6.45) is 6.25. The Morgan fingerprint density at radius 1 is 1.33 bits per heavy atom. The minimum Gasteiger partial charge on any atom is -0.299 e. The maximum atomic E-state index is 11.4. The maximum Gasteiger partial charge on any atom is 0.136 e. The quantitative estimate of drug-likeness (QED) is 0.547. The average Bonchev–Trinajstić information content (AvgIpc) is 1.83. The highest BCUT2D eigenvalue weighted by Crippen LogP contribution is 2.42. The Morgan fingerprint density at radius 2 is 1.92 bits per heavy atom. The van der Waals surface area contributed by atoms with Crippen molar-refractivity contribution in [2.75, 3.05) is 0 Å². The number of allylic oxidation sites excluding steroid dienone is 2. The predicted octanol–water partition coefficient (Wildman–Crippen LogP) is 2.96. The lowest BCUT2D eigenvalue weighted by Gasteiger charge is -2.37. The van der Waals surface area contributed by atoms with Crippen molar-refractivity contribution in [3.8, 4) is 0 Å². The molecule has 1 atom stereocenters. The number of hydrogen-bond acceptors (Lipinski definition) is 1. The van der Waals surface area contributed by atoms with Gasteiger partial charge in [-0.15, -0.1) is 0 Å². The molecule has 0 saturated heterocycles. The van der Waals surface area contributed by atoms with Gasteiger partial charge in [0.2, 0.25) is 0 Å². The first kappa shape index (κ1) is 9.50. The van der Waals surface area contributed by atoms with E-state index < -0.39 is 0 Å². The van der Waals surface area contributed by atoms with Gasteiger partial charge in [0.05, 0.1) is 0 Å². The summed E-state index contributed by atoms with van der Waals surface area (Å²) in [4.78, 5) is 11.4. The molecule has 1 aliphatic rings. The van der Waals surface area contributed by atoms with Crippen LogP contribution >= 0.6 is 0 Å². The number of carbonyl (C=O) groups is 1. The van der Waals surface area contributed by atoms with Gasteiger partial charge in [-0.2, -0.15) is 0 Å². The van der Waals surface area contributed by atoms with Crippen molar-refractivity contribution in [3.63, 3.8) is 0 Å². The van der Waals surface area contributed by atoms with E-state index in [0.717, 1.165) is 12.8 Å². The number of rotatable bonds is 1. The minimum atomic E-state index is -0.113. The molecule has 1 unspecified atom stereocenters. The second kappa shape index (κ2) is 2.72. The molecule has 0 radical (unpaired) electrons. The number of Topliss-reactive ketones (excluding diaryl/α,β-unsaturated/α-hetero) is 1. The van der Waals surface area contributed by atoms with Gasteiger partial charge in [-0.25, -0.2) is 0 Å². The van der Waals surface area contributed by atoms with Gasteiger partial charge in [-0.3, -0.25) is 4.79 Å². The molecule has 1 rings (SSSR count). The lowest BCUT2D eigenvalue weighted by atomic mass is 9.66. The van der Waals surface area contributed by atoms with E-state index in [1.165, 1.54) is 0 Å². The Labute approximate surface area is 74.9 Å². The SMILES string of the molecule is CC(=O)C1(C)CC=CC(C)(C)C1. The summed E-state index contributed by atoms with van der Waals surface area (Å²) >= 11 is 0. The Morgan fingerprint density at radius 3 is 2.25 bits per heavy atom. The Hall–Kier alpha value is -0.590. The first-order chi connectivity index (χ1) is 5.36. The van der Waals surface area contributed by atoms with E-state index in [2.05, 4.69) is 32.9 Å². The molecule has 1 nitrogen and oxygen atoms in total. The van der Waals surface area contributed by atoms with Gasteiger partial charge in [-0.1, -0.05) is 32.9 Å². The van der Waals surface area contributed by atoms with Crippen molar-refractivity contribution in [3.05, 3.63) is 12.2 Å². The molecule has 0 aromatic rings. The molecule has 0 aliphatic heterocycles. The zero-order valence-electron chi connectivity index (χ0n) is 8.48. The van der Waals surface area contributed by atoms with Crippen molar-refractivity contribution in [1.29, 1.82) is 0 Å². The molecular formula is C11H18O. The highest BCUT2D eigenvalue weighted by Gasteiger charge is 2.36. The minimum absolute atomic E-state index is 0.113. The highest BCUT2D eigenvalue weighted by atomic mass is 16.1. The molecule has 0 bridgehead atoms. The van der Waals surface area contributed by atoms with Crippen LogP contribution in [-0.4, -0.2) is 5.78 Å². The average molecular weight is 166 g/mol. The predicted molar refractivity (Wildman–Crippen MR) is 50.9 cm³/mol. The van der Waals surface area contributed by atoms with Crippen LogP contribution in [-0.2, 0) is 4.79 Å². The molecule has 0 N–H and O–H groups in total. The van der Waals surface area contributed by atoms with Crippen LogP contribution in [0.5, 0.6) is 0 Å². The summed E-state index contributed by atoms with van der Waals surface area (Å²) in [5, 5.41) is 0. The smallest absolute Gasteiger partial charge is 0.136 e. The lowest BCUT2D eigenvalue weighted by molar-refractivity contribution is -0.127. The summed E-state index contributed by atoms with van der Waals surface area (Å²) in [5.74, 6) is 0.319. The molecule has 0 spiro atoms. The largest absolute Gasteiger partial charge is 0.299 e. The van der Waals surface area contributed by atoms with Crippen molar-refractivity contribution < 1.29 is 4.79 Å². The molecule has 0 amide bonds. The third kappa shape index (κ3) is 1.77. The van der Waals surface area contributed by atoms with Gasteiger partial charge in [0.1, 0.15) is 5.78 Å². The first-order valence-electron chi connectivity index (χ1n) is 4.55. The molecule has 12 heavy (non-hydrogen) atoms. The molecule has 0 saturated carbocycles. The second-order valence-electron chi connectivity index (χ2n) is 4.89. The number of hydrogen-bond donors (Lipinski definition) is 0. The highest BCUT2D eigenvalue weighted by molar-refractivity contribution is 5.82. The monoisotopic (exact) mass is 166 g/mol. The molecule has 0 heterocycles. The lowest BCUT2D eigenvalue weighted by Crippen LogP contribution is -2.33. The summed E-state index contributed by atoms with van der Waals surface area (Å²) in [6, 6.07) is 0. The van der Waals surface area contributed by atoms with Gasteiger partial charge >= 0.3 is 0 Å². The molecule has 1 aliphatic carbocycles. The van der Waals surface area contributed by atoms with Gasteiger partial charge < -0.3 is 0 Å². The van der Waals surface area contributed by atoms with Gasteiger partial charge in [0, 0.05) is 5.41 Å². The normalized spacial score (nSPS) is 33.3. The molecule has 0 aromatic carbocycles. The third-order valence-corrected chi connectivity index (χ3v) is 2.83. The summed E-state index contributed by atoms with van der Waals surface area (Å²) < 4.78 is 0. The molecule has 0 fully saturated rings. The maximum absolute atomic E-state index is 11.4. The van der Waals surface area contributed by atoms with E-state index >= 15 is 0 Å². The van der Waals surface area contributed by atoms with E-state index in [4.69, 9.17) is 0 Å². The fraction of sp³-hybridized carbons (Fsp3) is 0.727. The van der Waals surface area contributed by atoms with Crippen LogP contribution < -0.4 is 0 Å².